The molecule has 1 aromatic heterocycles. The zero-order chi connectivity index (χ0) is 18.7. The van der Waals surface area contributed by atoms with Crippen LogP contribution in [0.15, 0.2) is 58.7 Å². The van der Waals surface area contributed by atoms with Crippen LogP contribution in [-0.4, -0.2) is 15.9 Å². The third kappa shape index (κ3) is 4.27. The minimum atomic E-state index is -0.670. The lowest BCUT2D eigenvalue weighted by atomic mass is 10.2. The summed E-state index contributed by atoms with van der Waals surface area (Å²) in [6, 6.07) is 9.13. The lowest BCUT2D eigenvalue weighted by molar-refractivity contribution is 0.102. The van der Waals surface area contributed by atoms with Crippen LogP contribution in [0.25, 0.3) is 0 Å². The Morgan fingerprint density at radius 3 is 2.50 bits per heavy atom. The average Bonchev–Trinajstić information content (AvgIpc) is 2.62. The summed E-state index contributed by atoms with van der Waals surface area (Å²) in [5, 5.41) is 3.58. The first-order valence-corrected chi connectivity index (χ1v) is 9.10. The number of hydrogen-bond acceptors (Lipinski definition) is 4. The smallest absolute Gasteiger partial charge is 0.257 e. The molecule has 0 radical (unpaired) electrons. The minimum absolute atomic E-state index is 0.0179. The molecule has 0 fully saturated rings. The van der Waals surface area contributed by atoms with Gasteiger partial charge in [-0.2, -0.15) is 0 Å². The first kappa shape index (κ1) is 18.9. The molecule has 0 aliphatic carbocycles. The number of amides is 1. The Kier molecular flexibility index (Phi) is 5.98. The lowest BCUT2D eigenvalue weighted by Crippen LogP contribution is -2.13. The molecule has 0 aliphatic heterocycles. The highest BCUT2D eigenvalue weighted by atomic mass is 35.5. The Morgan fingerprint density at radius 1 is 1.00 bits per heavy atom. The number of anilines is 1. The monoisotopic (exact) mass is 427 g/mol. The highest BCUT2D eigenvalue weighted by Gasteiger charge is 2.16. The summed E-state index contributed by atoms with van der Waals surface area (Å²) in [7, 11) is 0. The Hall–Kier alpha value is -1.86. The van der Waals surface area contributed by atoms with Crippen molar-refractivity contribution in [3.05, 3.63) is 75.4 Å². The third-order valence-electron chi connectivity index (χ3n) is 3.22. The molecule has 1 amide bonds. The van der Waals surface area contributed by atoms with Gasteiger partial charge in [-0.15, -0.1) is 0 Å². The molecule has 4 nitrogen and oxygen atoms in total. The van der Waals surface area contributed by atoms with Crippen LogP contribution in [0, 0.1) is 5.82 Å². The fourth-order valence-electron chi connectivity index (χ4n) is 2.02. The van der Waals surface area contributed by atoms with E-state index in [0.717, 1.165) is 0 Å². The summed E-state index contributed by atoms with van der Waals surface area (Å²) >= 11 is 19.2. The number of aromatic nitrogens is 2. The van der Waals surface area contributed by atoms with Gasteiger partial charge >= 0.3 is 0 Å². The van der Waals surface area contributed by atoms with Gasteiger partial charge in [0.05, 0.1) is 33.7 Å². The van der Waals surface area contributed by atoms with Gasteiger partial charge < -0.3 is 5.32 Å². The van der Waals surface area contributed by atoms with Crippen molar-refractivity contribution in [2.24, 2.45) is 0 Å². The van der Waals surface area contributed by atoms with E-state index in [1.54, 1.807) is 18.2 Å². The maximum absolute atomic E-state index is 13.5. The van der Waals surface area contributed by atoms with Gasteiger partial charge in [0, 0.05) is 4.90 Å². The first-order chi connectivity index (χ1) is 12.5. The van der Waals surface area contributed by atoms with Crippen LogP contribution in [0.4, 0.5) is 10.1 Å². The standard InChI is InChI=1S/C17H9Cl3FN3OS/c18-13-7-23-14(8-22-13)26-12-6-2-5-11(16(12)20)24-17(25)9-3-1-4-10(21)15(9)19/h1-8H,(H,24,25). The van der Waals surface area contributed by atoms with Crippen LogP contribution in [0.3, 0.4) is 0 Å². The number of nitrogens with zero attached hydrogens (tertiary/aromatic N) is 2. The van der Waals surface area contributed by atoms with Crippen LogP contribution >= 0.6 is 46.6 Å². The number of rotatable bonds is 4. The van der Waals surface area contributed by atoms with Crippen molar-refractivity contribution in [3.8, 4) is 0 Å². The van der Waals surface area contributed by atoms with Gasteiger partial charge in [-0.25, -0.2) is 14.4 Å². The SMILES string of the molecule is O=C(Nc1cccc(Sc2cnc(Cl)cn2)c1Cl)c1cccc(F)c1Cl. The molecule has 0 saturated carbocycles. The topological polar surface area (TPSA) is 54.9 Å². The van der Waals surface area contributed by atoms with E-state index in [2.05, 4.69) is 15.3 Å². The normalized spacial score (nSPS) is 10.6. The van der Waals surface area contributed by atoms with E-state index >= 15 is 0 Å². The molecular weight excluding hydrogens is 420 g/mol. The number of benzene rings is 2. The molecule has 2 aromatic carbocycles. The van der Waals surface area contributed by atoms with Crippen molar-refractivity contribution in [1.82, 2.24) is 9.97 Å². The number of carbonyl (C=O) groups is 1. The second-order valence-corrected chi connectivity index (χ2v) is 7.16. The molecule has 0 unspecified atom stereocenters. The number of hydrogen-bond donors (Lipinski definition) is 1. The van der Waals surface area contributed by atoms with Crippen LogP contribution in [0.1, 0.15) is 10.4 Å². The zero-order valence-corrected chi connectivity index (χ0v) is 15.9. The number of halogens is 4. The van der Waals surface area contributed by atoms with Gasteiger partial charge in [-0.3, -0.25) is 4.79 Å². The molecule has 9 heteroatoms. The van der Waals surface area contributed by atoms with Gasteiger partial charge in [0.2, 0.25) is 0 Å². The maximum Gasteiger partial charge on any atom is 0.257 e. The first-order valence-electron chi connectivity index (χ1n) is 7.15. The minimum Gasteiger partial charge on any atom is -0.321 e. The molecule has 0 aliphatic rings. The quantitative estimate of drug-likeness (QED) is 0.555. The van der Waals surface area contributed by atoms with Crippen molar-refractivity contribution >= 4 is 58.2 Å². The van der Waals surface area contributed by atoms with Crippen molar-refractivity contribution in [3.63, 3.8) is 0 Å². The van der Waals surface area contributed by atoms with E-state index in [4.69, 9.17) is 34.8 Å². The molecule has 3 rings (SSSR count). The molecule has 26 heavy (non-hydrogen) atoms. The summed E-state index contributed by atoms with van der Waals surface area (Å²) in [6.07, 6.45) is 2.94. The zero-order valence-electron chi connectivity index (χ0n) is 12.8. The second kappa shape index (κ2) is 8.22. The van der Waals surface area contributed by atoms with E-state index in [9.17, 15) is 9.18 Å². The Bertz CT molecular complexity index is 970. The Labute approximate surface area is 167 Å². The molecule has 0 saturated heterocycles. The molecule has 1 N–H and O–H groups in total. The summed E-state index contributed by atoms with van der Waals surface area (Å²) in [5.41, 5.74) is 0.383. The largest absolute Gasteiger partial charge is 0.321 e. The van der Waals surface area contributed by atoms with Crippen LogP contribution in [0.2, 0.25) is 15.2 Å². The average molecular weight is 429 g/mol. The molecule has 3 aromatic rings. The predicted molar refractivity (Wildman–Crippen MR) is 102 cm³/mol. The molecule has 1 heterocycles. The van der Waals surface area contributed by atoms with Crippen LogP contribution in [0.5, 0.6) is 0 Å². The third-order valence-corrected chi connectivity index (χ3v) is 5.30. The molecule has 132 valence electrons. The molecule has 0 bridgehead atoms. The number of carbonyl (C=O) groups excluding carboxylic acids is 1. The van der Waals surface area contributed by atoms with Crippen molar-refractivity contribution < 1.29 is 9.18 Å². The van der Waals surface area contributed by atoms with E-state index in [1.807, 2.05) is 0 Å². The van der Waals surface area contributed by atoms with Gasteiger partial charge in [0.25, 0.3) is 5.91 Å². The van der Waals surface area contributed by atoms with E-state index < -0.39 is 11.7 Å². The summed E-state index contributed by atoms with van der Waals surface area (Å²) in [5.74, 6) is -1.24. The van der Waals surface area contributed by atoms with Crippen LogP contribution in [-0.2, 0) is 0 Å². The van der Waals surface area contributed by atoms with Gasteiger partial charge in [-0.05, 0) is 24.3 Å². The summed E-state index contributed by atoms with van der Waals surface area (Å²) in [6.45, 7) is 0. The van der Waals surface area contributed by atoms with Crippen molar-refractivity contribution in [2.75, 3.05) is 5.32 Å². The van der Waals surface area contributed by atoms with E-state index in [-0.39, 0.29) is 15.7 Å². The van der Waals surface area contributed by atoms with Crippen LogP contribution < -0.4 is 5.32 Å². The lowest BCUT2D eigenvalue weighted by Gasteiger charge is -2.11. The Balaban J connectivity index is 1.84. The van der Waals surface area contributed by atoms with Crippen molar-refractivity contribution in [2.45, 2.75) is 9.92 Å². The highest BCUT2D eigenvalue weighted by molar-refractivity contribution is 7.99. The predicted octanol–water partition coefficient (Wildman–Crippen LogP) is 5.98. The number of nitrogens with one attached hydrogen (secondary N) is 1. The summed E-state index contributed by atoms with van der Waals surface area (Å²) in [4.78, 5) is 21.1. The maximum atomic E-state index is 13.5. The second-order valence-electron chi connectivity index (χ2n) is 4.95. The van der Waals surface area contributed by atoms with Gasteiger partial charge in [0.15, 0.2) is 0 Å². The molecular formula is C17H9Cl3FN3OS. The van der Waals surface area contributed by atoms with Gasteiger partial charge in [0.1, 0.15) is 16.0 Å². The fraction of sp³-hybridized carbons (Fsp3) is 0. The molecule has 0 spiro atoms. The van der Waals surface area contributed by atoms with E-state index in [0.29, 0.717) is 20.6 Å². The van der Waals surface area contributed by atoms with Gasteiger partial charge in [-0.1, -0.05) is 58.7 Å². The Morgan fingerprint density at radius 2 is 1.77 bits per heavy atom. The summed E-state index contributed by atoms with van der Waals surface area (Å²) < 4.78 is 13.5. The highest BCUT2D eigenvalue weighted by Crippen LogP contribution is 2.36. The van der Waals surface area contributed by atoms with E-state index in [1.165, 1.54) is 42.4 Å². The van der Waals surface area contributed by atoms with Crippen molar-refractivity contribution in [1.29, 1.82) is 0 Å². The fourth-order valence-corrected chi connectivity index (χ4v) is 3.40. The molecule has 0 atom stereocenters.